The van der Waals surface area contributed by atoms with Gasteiger partial charge in [-0.05, 0) is 26.4 Å². The molecule has 0 bridgehead atoms. The summed E-state index contributed by atoms with van der Waals surface area (Å²) in [6.45, 7) is 1.96. The number of carbonyl (C=O) groups excluding carboxylic acids is 1. The van der Waals surface area contributed by atoms with Crippen LogP contribution in [-0.4, -0.2) is 38.5 Å². The van der Waals surface area contributed by atoms with Crippen LogP contribution in [-0.2, 0) is 4.79 Å². The van der Waals surface area contributed by atoms with E-state index in [1.54, 1.807) is 4.90 Å². The molecule has 0 aromatic carbocycles. The third kappa shape index (κ3) is 7.33. The highest BCUT2D eigenvalue weighted by Crippen LogP contribution is 1.94. The standard InChI is InChI=1S/C8H18N2O/c1-9-6-4-3-5-7-10(2)8-11/h8-9H,3-7H2,1-2H3. The molecule has 0 atom stereocenters. The van der Waals surface area contributed by atoms with Gasteiger partial charge in [-0.3, -0.25) is 4.79 Å². The van der Waals surface area contributed by atoms with E-state index in [0.29, 0.717) is 0 Å². The first kappa shape index (κ1) is 10.4. The van der Waals surface area contributed by atoms with Gasteiger partial charge in [-0.25, -0.2) is 0 Å². The van der Waals surface area contributed by atoms with E-state index in [4.69, 9.17) is 0 Å². The van der Waals surface area contributed by atoms with Crippen molar-refractivity contribution in [3.05, 3.63) is 0 Å². The van der Waals surface area contributed by atoms with Crippen molar-refractivity contribution in [3.63, 3.8) is 0 Å². The van der Waals surface area contributed by atoms with E-state index in [2.05, 4.69) is 5.32 Å². The number of hydrogen-bond acceptors (Lipinski definition) is 2. The molecule has 0 saturated carbocycles. The van der Waals surface area contributed by atoms with E-state index >= 15 is 0 Å². The number of nitrogens with one attached hydrogen (secondary N) is 1. The van der Waals surface area contributed by atoms with E-state index in [9.17, 15) is 4.79 Å². The molecule has 11 heavy (non-hydrogen) atoms. The highest BCUT2D eigenvalue weighted by molar-refractivity contribution is 5.46. The Bertz CT molecular complexity index is 96.1. The number of nitrogens with zero attached hydrogens (tertiary/aromatic N) is 1. The molecule has 0 aromatic heterocycles. The minimum absolute atomic E-state index is 0.873. The van der Waals surface area contributed by atoms with Gasteiger partial charge in [-0.1, -0.05) is 6.42 Å². The molecule has 3 nitrogen and oxygen atoms in total. The zero-order chi connectivity index (χ0) is 8.53. The van der Waals surface area contributed by atoms with Crippen LogP contribution in [0.25, 0.3) is 0 Å². The van der Waals surface area contributed by atoms with Gasteiger partial charge in [-0.2, -0.15) is 0 Å². The van der Waals surface area contributed by atoms with Gasteiger partial charge in [0.05, 0.1) is 0 Å². The van der Waals surface area contributed by atoms with Crippen molar-refractivity contribution in [1.82, 2.24) is 10.2 Å². The zero-order valence-electron chi connectivity index (χ0n) is 7.47. The lowest BCUT2D eigenvalue weighted by atomic mass is 10.2. The van der Waals surface area contributed by atoms with Crippen LogP contribution in [0.2, 0.25) is 0 Å². The minimum atomic E-state index is 0.873. The molecular formula is C8H18N2O. The van der Waals surface area contributed by atoms with Crippen LogP contribution < -0.4 is 5.32 Å². The smallest absolute Gasteiger partial charge is 0.209 e. The second kappa shape index (κ2) is 7.54. The van der Waals surface area contributed by atoms with Crippen molar-refractivity contribution >= 4 is 6.41 Å². The van der Waals surface area contributed by atoms with Gasteiger partial charge < -0.3 is 10.2 Å². The maximum Gasteiger partial charge on any atom is 0.209 e. The van der Waals surface area contributed by atoms with Crippen LogP contribution in [0.15, 0.2) is 0 Å². The van der Waals surface area contributed by atoms with Gasteiger partial charge in [0.15, 0.2) is 0 Å². The molecule has 1 amide bonds. The Morgan fingerprint density at radius 3 is 2.64 bits per heavy atom. The van der Waals surface area contributed by atoms with Crippen LogP contribution in [0.3, 0.4) is 0 Å². The first-order chi connectivity index (χ1) is 5.31. The molecular weight excluding hydrogens is 140 g/mol. The average molecular weight is 158 g/mol. The number of unbranched alkanes of at least 4 members (excludes halogenated alkanes) is 2. The molecule has 0 radical (unpaired) electrons. The predicted octanol–water partition coefficient (Wildman–Crippen LogP) is 0.464. The Hall–Kier alpha value is -0.570. The summed E-state index contributed by atoms with van der Waals surface area (Å²) >= 11 is 0. The van der Waals surface area contributed by atoms with Crippen molar-refractivity contribution in [2.75, 3.05) is 27.2 Å². The largest absolute Gasteiger partial charge is 0.348 e. The fraction of sp³-hybridized carbons (Fsp3) is 0.875. The lowest BCUT2D eigenvalue weighted by Gasteiger charge is -2.09. The Morgan fingerprint density at radius 1 is 1.36 bits per heavy atom. The second-order valence-electron chi connectivity index (χ2n) is 2.75. The van der Waals surface area contributed by atoms with Gasteiger partial charge in [0, 0.05) is 13.6 Å². The molecule has 0 rings (SSSR count). The average Bonchev–Trinajstić information content (AvgIpc) is 2.04. The van der Waals surface area contributed by atoms with Crippen LogP contribution in [0, 0.1) is 0 Å². The van der Waals surface area contributed by atoms with E-state index < -0.39 is 0 Å². The normalized spacial score (nSPS) is 9.64. The molecule has 0 saturated heterocycles. The summed E-state index contributed by atoms with van der Waals surface area (Å²) in [5.41, 5.74) is 0. The maximum atomic E-state index is 10.1. The van der Waals surface area contributed by atoms with Crippen LogP contribution in [0.5, 0.6) is 0 Å². The van der Waals surface area contributed by atoms with Gasteiger partial charge in [-0.15, -0.1) is 0 Å². The molecule has 0 spiro atoms. The van der Waals surface area contributed by atoms with E-state index in [-0.39, 0.29) is 0 Å². The van der Waals surface area contributed by atoms with E-state index in [1.807, 2.05) is 14.1 Å². The van der Waals surface area contributed by atoms with Crippen molar-refractivity contribution in [2.24, 2.45) is 0 Å². The third-order valence-corrected chi connectivity index (χ3v) is 1.62. The SMILES string of the molecule is CNCCCCCN(C)C=O. The highest BCUT2D eigenvalue weighted by Gasteiger charge is 1.92. The topological polar surface area (TPSA) is 32.3 Å². The summed E-state index contributed by atoms with van der Waals surface area (Å²) in [5, 5.41) is 3.09. The van der Waals surface area contributed by atoms with Gasteiger partial charge >= 0.3 is 0 Å². The van der Waals surface area contributed by atoms with Crippen LogP contribution >= 0.6 is 0 Å². The molecule has 0 aliphatic heterocycles. The number of carbonyl (C=O) groups is 1. The summed E-state index contributed by atoms with van der Waals surface area (Å²) in [7, 11) is 3.77. The fourth-order valence-corrected chi connectivity index (χ4v) is 0.892. The fourth-order valence-electron chi connectivity index (χ4n) is 0.892. The summed E-state index contributed by atoms with van der Waals surface area (Å²) in [4.78, 5) is 11.8. The van der Waals surface area contributed by atoms with Crippen molar-refractivity contribution in [2.45, 2.75) is 19.3 Å². The first-order valence-corrected chi connectivity index (χ1v) is 4.11. The van der Waals surface area contributed by atoms with E-state index in [1.165, 1.54) is 12.8 Å². The quantitative estimate of drug-likeness (QED) is 0.431. The Kier molecular flexibility index (Phi) is 7.15. The van der Waals surface area contributed by atoms with Crippen LogP contribution in [0.4, 0.5) is 0 Å². The summed E-state index contributed by atoms with van der Waals surface area (Å²) in [6, 6.07) is 0. The molecule has 0 aliphatic carbocycles. The van der Waals surface area contributed by atoms with Crippen molar-refractivity contribution in [1.29, 1.82) is 0 Å². The summed E-state index contributed by atoms with van der Waals surface area (Å²) in [6.07, 6.45) is 4.37. The molecule has 66 valence electrons. The maximum absolute atomic E-state index is 10.1. The second-order valence-corrected chi connectivity index (χ2v) is 2.75. The van der Waals surface area contributed by atoms with Gasteiger partial charge in [0.25, 0.3) is 0 Å². The molecule has 0 heterocycles. The Balaban J connectivity index is 2.95. The monoisotopic (exact) mass is 158 g/mol. The lowest BCUT2D eigenvalue weighted by molar-refractivity contribution is -0.117. The Morgan fingerprint density at radius 2 is 2.09 bits per heavy atom. The van der Waals surface area contributed by atoms with Crippen molar-refractivity contribution < 1.29 is 4.79 Å². The summed E-state index contributed by atoms with van der Waals surface area (Å²) < 4.78 is 0. The predicted molar refractivity (Wildman–Crippen MR) is 46.5 cm³/mol. The third-order valence-electron chi connectivity index (χ3n) is 1.62. The van der Waals surface area contributed by atoms with Crippen molar-refractivity contribution in [3.8, 4) is 0 Å². The highest BCUT2D eigenvalue weighted by atomic mass is 16.1. The molecule has 0 aliphatic rings. The molecule has 0 fully saturated rings. The van der Waals surface area contributed by atoms with E-state index in [0.717, 1.165) is 25.9 Å². The number of hydrogen-bond donors (Lipinski definition) is 1. The molecule has 3 heteroatoms. The zero-order valence-corrected chi connectivity index (χ0v) is 7.47. The molecule has 0 aromatic rings. The van der Waals surface area contributed by atoms with Gasteiger partial charge in [0.2, 0.25) is 6.41 Å². The first-order valence-electron chi connectivity index (χ1n) is 4.11. The molecule has 0 unspecified atom stereocenters. The van der Waals surface area contributed by atoms with Gasteiger partial charge in [0.1, 0.15) is 0 Å². The number of rotatable bonds is 7. The van der Waals surface area contributed by atoms with Crippen LogP contribution in [0.1, 0.15) is 19.3 Å². The number of amides is 1. The summed E-state index contributed by atoms with van der Waals surface area (Å²) in [5.74, 6) is 0. The minimum Gasteiger partial charge on any atom is -0.348 e. The lowest BCUT2D eigenvalue weighted by Crippen LogP contribution is -2.17. The molecule has 1 N–H and O–H groups in total. The Labute approximate surface area is 68.8 Å².